The van der Waals surface area contributed by atoms with Crippen molar-refractivity contribution in [3.05, 3.63) is 53.8 Å². The van der Waals surface area contributed by atoms with Gasteiger partial charge in [0.25, 0.3) is 5.91 Å². The van der Waals surface area contributed by atoms with Gasteiger partial charge in [-0.2, -0.15) is 0 Å². The molecule has 0 aliphatic carbocycles. The van der Waals surface area contributed by atoms with Crippen LogP contribution in [0.1, 0.15) is 17.3 Å². The van der Waals surface area contributed by atoms with Gasteiger partial charge in [0, 0.05) is 24.0 Å². The SMILES string of the molecule is CC(=O)Nc1ccc(NC(=O)c2ccc(F)cc2N)cc1. The summed E-state index contributed by atoms with van der Waals surface area (Å²) >= 11 is 0. The van der Waals surface area contributed by atoms with E-state index in [2.05, 4.69) is 10.6 Å². The smallest absolute Gasteiger partial charge is 0.257 e. The topological polar surface area (TPSA) is 84.2 Å². The number of nitrogens with one attached hydrogen (secondary N) is 2. The largest absolute Gasteiger partial charge is 0.398 e. The molecule has 0 bridgehead atoms. The van der Waals surface area contributed by atoms with Gasteiger partial charge in [0.05, 0.1) is 5.56 Å². The van der Waals surface area contributed by atoms with E-state index in [9.17, 15) is 14.0 Å². The summed E-state index contributed by atoms with van der Waals surface area (Å²) in [5.74, 6) is -1.10. The van der Waals surface area contributed by atoms with Gasteiger partial charge in [-0.15, -0.1) is 0 Å². The van der Waals surface area contributed by atoms with Crippen molar-refractivity contribution in [3.8, 4) is 0 Å². The summed E-state index contributed by atoms with van der Waals surface area (Å²) in [7, 11) is 0. The van der Waals surface area contributed by atoms with Crippen molar-refractivity contribution in [1.29, 1.82) is 0 Å². The van der Waals surface area contributed by atoms with E-state index in [0.717, 1.165) is 6.07 Å². The maximum Gasteiger partial charge on any atom is 0.257 e. The van der Waals surface area contributed by atoms with Crippen LogP contribution >= 0.6 is 0 Å². The predicted octanol–water partition coefficient (Wildman–Crippen LogP) is 2.62. The number of halogens is 1. The third-order valence-corrected chi connectivity index (χ3v) is 2.72. The van der Waals surface area contributed by atoms with E-state index in [1.807, 2.05) is 0 Å². The first-order chi connectivity index (χ1) is 9.95. The average molecular weight is 287 g/mol. The van der Waals surface area contributed by atoms with Gasteiger partial charge in [-0.25, -0.2) is 4.39 Å². The Morgan fingerprint density at radius 3 is 2.10 bits per heavy atom. The molecule has 2 rings (SSSR count). The highest BCUT2D eigenvalue weighted by Gasteiger charge is 2.10. The maximum absolute atomic E-state index is 12.9. The number of rotatable bonds is 3. The van der Waals surface area contributed by atoms with Crippen LogP contribution in [-0.4, -0.2) is 11.8 Å². The first kappa shape index (κ1) is 14.5. The molecular weight excluding hydrogens is 273 g/mol. The van der Waals surface area contributed by atoms with Crippen molar-refractivity contribution in [1.82, 2.24) is 0 Å². The molecule has 0 fully saturated rings. The van der Waals surface area contributed by atoms with Crippen molar-refractivity contribution < 1.29 is 14.0 Å². The Labute approximate surface area is 121 Å². The number of hydrogen-bond acceptors (Lipinski definition) is 3. The van der Waals surface area contributed by atoms with Crippen LogP contribution < -0.4 is 16.4 Å². The van der Waals surface area contributed by atoms with Crippen LogP contribution in [0.25, 0.3) is 0 Å². The zero-order valence-electron chi connectivity index (χ0n) is 11.3. The number of benzene rings is 2. The summed E-state index contributed by atoms with van der Waals surface area (Å²) in [4.78, 5) is 22.9. The fourth-order valence-electron chi connectivity index (χ4n) is 1.78. The summed E-state index contributed by atoms with van der Waals surface area (Å²) in [5.41, 5.74) is 7.04. The molecule has 2 amide bonds. The van der Waals surface area contributed by atoms with Crippen LogP contribution in [0.15, 0.2) is 42.5 Å². The molecule has 0 spiro atoms. The number of amides is 2. The van der Waals surface area contributed by atoms with Gasteiger partial charge in [-0.05, 0) is 42.5 Å². The van der Waals surface area contributed by atoms with Gasteiger partial charge < -0.3 is 16.4 Å². The van der Waals surface area contributed by atoms with Crippen LogP contribution in [0.4, 0.5) is 21.5 Å². The Morgan fingerprint density at radius 2 is 1.57 bits per heavy atom. The van der Waals surface area contributed by atoms with E-state index < -0.39 is 11.7 Å². The van der Waals surface area contributed by atoms with E-state index in [0.29, 0.717) is 11.4 Å². The molecule has 0 heterocycles. The number of anilines is 3. The Balaban J connectivity index is 2.10. The Morgan fingerprint density at radius 1 is 1.00 bits per heavy atom. The highest BCUT2D eigenvalue weighted by molar-refractivity contribution is 6.07. The van der Waals surface area contributed by atoms with Crippen molar-refractivity contribution in [2.45, 2.75) is 6.92 Å². The number of carbonyl (C=O) groups is 2. The lowest BCUT2D eigenvalue weighted by molar-refractivity contribution is -0.114. The third kappa shape index (κ3) is 3.79. The summed E-state index contributed by atoms with van der Waals surface area (Å²) in [6.45, 7) is 1.41. The lowest BCUT2D eigenvalue weighted by atomic mass is 10.1. The molecule has 4 N–H and O–H groups in total. The molecule has 2 aromatic carbocycles. The second kappa shape index (κ2) is 6.04. The van der Waals surface area contributed by atoms with Gasteiger partial charge in [0.15, 0.2) is 0 Å². The second-order valence-electron chi connectivity index (χ2n) is 4.44. The molecule has 0 unspecified atom stereocenters. The van der Waals surface area contributed by atoms with Crippen molar-refractivity contribution in [2.75, 3.05) is 16.4 Å². The van der Waals surface area contributed by atoms with E-state index in [-0.39, 0.29) is 17.2 Å². The lowest BCUT2D eigenvalue weighted by Gasteiger charge is -2.08. The molecule has 21 heavy (non-hydrogen) atoms. The minimum atomic E-state index is -0.497. The van der Waals surface area contributed by atoms with Crippen LogP contribution in [0, 0.1) is 5.82 Å². The fourth-order valence-corrected chi connectivity index (χ4v) is 1.78. The summed E-state index contributed by atoms with van der Waals surface area (Å²) in [5, 5.41) is 5.26. The van der Waals surface area contributed by atoms with Crippen LogP contribution in [0.5, 0.6) is 0 Å². The molecule has 0 saturated carbocycles. The fraction of sp³-hybridized carbons (Fsp3) is 0.0667. The molecule has 2 aromatic rings. The molecule has 0 aromatic heterocycles. The molecule has 0 saturated heterocycles. The van der Waals surface area contributed by atoms with Crippen LogP contribution in [0.3, 0.4) is 0 Å². The monoisotopic (exact) mass is 287 g/mol. The number of nitrogens with two attached hydrogens (primary N) is 1. The zero-order valence-corrected chi connectivity index (χ0v) is 11.3. The van der Waals surface area contributed by atoms with Gasteiger partial charge in [-0.3, -0.25) is 9.59 Å². The molecule has 0 aliphatic rings. The zero-order chi connectivity index (χ0) is 15.4. The van der Waals surface area contributed by atoms with Gasteiger partial charge in [-0.1, -0.05) is 0 Å². The van der Waals surface area contributed by atoms with Crippen molar-refractivity contribution >= 4 is 28.9 Å². The molecular formula is C15H14FN3O2. The molecule has 6 heteroatoms. The van der Waals surface area contributed by atoms with Gasteiger partial charge in [0.2, 0.25) is 5.91 Å². The highest BCUT2D eigenvalue weighted by Crippen LogP contribution is 2.17. The first-order valence-electron chi connectivity index (χ1n) is 6.20. The quantitative estimate of drug-likeness (QED) is 0.759. The van der Waals surface area contributed by atoms with E-state index in [1.165, 1.54) is 19.1 Å². The highest BCUT2D eigenvalue weighted by atomic mass is 19.1. The van der Waals surface area contributed by atoms with Gasteiger partial charge in [0.1, 0.15) is 5.82 Å². The first-order valence-corrected chi connectivity index (χ1v) is 6.20. The standard InChI is InChI=1S/C15H14FN3O2/c1-9(20)18-11-3-5-12(6-4-11)19-15(21)13-7-2-10(16)8-14(13)17/h2-8H,17H2,1H3,(H,18,20)(H,19,21). The van der Waals surface area contributed by atoms with E-state index in [4.69, 9.17) is 5.73 Å². The minimum Gasteiger partial charge on any atom is -0.398 e. The number of carbonyl (C=O) groups excluding carboxylic acids is 2. The Hall–Kier alpha value is -2.89. The summed E-state index contributed by atoms with van der Waals surface area (Å²) in [6.07, 6.45) is 0. The third-order valence-electron chi connectivity index (χ3n) is 2.72. The lowest BCUT2D eigenvalue weighted by Crippen LogP contribution is -2.14. The van der Waals surface area contributed by atoms with Crippen LogP contribution in [0.2, 0.25) is 0 Å². The predicted molar refractivity (Wildman–Crippen MR) is 79.5 cm³/mol. The summed E-state index contributed by atoms with van der Waals surface area (Å²) < 4.78 is 12.9. The second-order valence-corrected chi connectivity index (χ2v) is 4.44. The van der Waals surface area contributed by atoms with Crippen molar-refractivity contribution in [3.63, 3.8) is 0 Å². The molecule has 0 radical (unpaired) electrons. The normalized spacial score (nSPS) is 10.0. The average Bonchev–Trinajstić information content (AvgIpc) is 2.40. The molecule has 5 nitrogen and oxygen atoms in total. The molecule has 0 atom stereocenters. The van der Waals surface area contributed by atoms with E-state index >= 15 is 0 Å². The number of hydrogen-bond donors (Lipinski definition) is 3. The van der Waals surface area contributed by atoms with Gasteiger partial charge >= 0.3 is 0 Å². The molecule has 0 aliphatic heterocycles. The summed E-state index contributed by atoms with van der Waals surface area (Å²) in [6, 6.07) is 10.2. The Kier molecular flexibility index (Phi) is 4.18. The number of nitrogen functional groups attached to an aromatic ring is 1. The maximum atomic E-state index is 12.9. The van der Waals surface area contributed by atoms with Crippen molar-refractivity contribution in [2.24, 2.45) is 0 Å². The van der Waals surface area contributed by atoms with Crippen LogP contribution in [-0.2, 0) is 4.79 Å². The Bertz CT molecular complexity index is 684. The minimum absolute atomic E-state index is 0.0716. The molecule has 108 valence electrons. The van der Waals surface area contributed by atoms with E-state index in [1.54, 1.807) is 24.3 Å².